The first-order valence-electron chi connectivity index (χ1n) is 5.30. The van der Waals surface area contributed by atoms with E-state index in [1.54, 1.807) is 0 Å². The predicted octanol–water partition coefficient (Wildman–Crippen LogP) is 1.40. The van der Waals surface area contributed by atoms with Crippen LogP contribution in [0.15, 0.2) is 12.1 Å². The van der Waals surface area contributed by atoms with Crippen LogP contribution in [0.3, 0.4) is 0 Å². The standard InChI is InChI=1S/C12H18N2O2/c1-4-14-11(15)7-16-12-8(2)5-10(13)6-9(12)3/h5-6H,4,7,13H2,1-3H3,(H,14,15). The van der Waals surface area contributed by atoms with E-state index >= 15 is 0 Å². The van der Waals surface area contributed by atoms with Crippen LogP contribution in [0.4, 0.5) is 5.69 Å². The lowest BCUT2D eigenvalue weighted by molar-refractivity contribution is -0.122. The number of rotatable bonds is 4. The highest BCUT2D eigenvalue weighted by Gasteiger charge is 2.07. The van der Waals surface area contributed by atoms with Gasteiger partial charge in [-0.2, -0.15) is 0 Å². The Morgan fingerprint density at radius 1 is 1.38 bits per heavy atom. The Bertz CT molecular complexity index is 366. The first-order chi connectivity index (χ1) is 7.54. The molecule has 0 radical (unpaired) electrons. The van der Waals surface area contributed by atoms with Crippen LogP contribution in [0.2, 0.25) is 0 Å². The molecule has 0 aliphatic heterocycles. The summed E-state index contributed by atoms with van der Waals surface area (Å²) in [5.74, 6) is 0.624. The Morgan fingerprint density at radius 3 is 2.44 bits per heavy atom. The fraction of sp³-hybridized carbons (Fsp3) is 0.417. The molecule has 0 spiro atoms. The molecule has 0 fully saturated rings. The van der Waals surface area contributed by atoms with Crippen LogP contribution in [0, 0.1) is 13.8 Å². The van der Waals surface area contributed by atoms with Crippen LogP contribution in [0.1, 0.15) is 18.1 Å². The maximum atomic E-state index is 11.2. The second-order valence-corrected chi connectivity index (χ2v) is 3.73. The summed E-state index contributed by atoms with van der Waals surface area (Å²) in [6.07, 6.45) is 0. The smallest absolute Gasteiger partial charge is 0.257 e. The predicted molar refractivity (Wildman–Crippen MR) is 64.5 cm³/mol. The van der Waals surface area contributed by atoms with E-state index in [4.69, 9.17) is 10.5 Å². The highest BCUT2D eigenvalue weighted by Crippen LogP contribution is 2.25. The third kappa shape index (κ3) is 3.15. The monoisotopic (exact) mass is 222 g/mol. The minimum absolute atomic E-state index is 0.0411. The van der Waals surface area contributed by atoms with Crippen LogP contribution in [0.5, 0.6) is 5.75 Å². The summed E-state index contributed by atoms with van der Waals surface area (Å²) in [5, 5.41) is 2.68. The van der Waals surface area contributed by atoms with Crippen molar-refractivity contribution >= 4 is 11.6 Å². The molecule has 0 aromatic heterocycles. The van der Waals surface area contributed by atoms with Gasteiger partial charge in [0.05, 0.1) is 0 Å². The molecule has 1 rings (SSSR count). The maximum absolute atomic E-state index is 11.2. The van der Waals surface area contributed by atoms with Gasteiger partial charge in [0.2, 0.25) is 0 Å². The lowest BCUT2D eigenvalue weighted by Gasteiger charge is -2.12. The quantitative estimate of drug-likeness (QED) is 0.757. The van der Waals surface area contributed by atoms with Gasteiger partial charge in [-0.3, -0.25) is 4.79 Å². The van der Waals surface area contributed by atoms with Crippen LogP contribution >= 0.6 is 0 Å². The highest BCUT2D eigenvalue weighted by atomic mass is 16.5. The van der Waals surface area contributed by atoms with Gasteiger partial charge >= 0.3 is 0 Å². The molecule has 16 heavy (non-hydrogen) atoms. The summed E-state index contributed by atoms with van der Waals surface area (Å²) in [6.45, 7) is 6.35. The number of anilines is 1. The van der Waals surface area contributed by atoms with E-state index in [-0.39, 0.29) is 12.5 Å². The average molecular weight is 222 g/mol. The molecule has 0 heterocycles. The summed E-state index contributed by atoms with van der Waals surface area (Å²) in [5.41, 5.74) is 8.30. The van der Waals surface area contributed by atoms with Crippen molar-refractivity contribution in [2.45, 2.75) is 20.8 Å². The Hall–Kier alpha value is -1.71. The van der Waals surface area contributed by atoms with Crippen molar-refractivity contribution in [3.63, 3.8) is 0 Å². The molecule has 0 aliphatic rings. The maximum Gasteiger partial charge on any atom is 0.257 e. The molecule has 3 N–H and O–H groups in total. The molecular weight excluding hydrogens is 204 g/mol. The van der Waals surface area contributed by atoms with Gasteiger partial charge in [0.25, 0.3) is 5.91 Å². The van der Waals surface area contributed by atoms with E-state index in [2.05, 4.69) is 5.32 Å². The van der Waals surface area contributed by atoms with Gasteiger partial charge in [-0.25, -0.2) is 0 Å². The van der Waals surface area contributed by atoms with Crippen molar-refractivity contribution in [2.75, 3.05) is 18.9 Å². The zero-order valence-electron chi connectivity index (χ0n) is 9.96. The third-order valence-corrected chi connectivity index (χ3v) is 2.20. The van der Waals surface area contributed by atoms with Gasteiger partial charge in [0.1, 0.15) is 5.75 Å². The Balaban J connectivity index is 2.70. The summed E-state index contributed by atoms with van der Waals surface area (Å²) >= 11 is 0. The van der Waals surface area contributed by atoms with Gasteiger partial charge in [-0.15, -0.1) is 0 Å². The van der Waals surface area contributed by atoms with Crippen molar-refractivity contribution in [3.05, 3.63) is 23.3 Å². The van der Waals surface area contributed by atoms with Gasteiger partial charge < -0.3 is 15.8 Å². The SMILES string of the molecule is CCNC(=O)COc1c(C)cc(N)cc1C. The number of hydrogen-bond acceptors (Lipinski definition) is 3. The molecular formula is C12H18N2O2. The topological polar surface area (TPSA) is 64.3 Å². The Labute approximate surface area is 95.8 Å². The van der Waals surface area contributed by atoms with E-state index in [1.807, 2.05) is 32.9 Å². The first kappa shape index (κ1) is 12.4. The second kappa shape index (κ2) is 5.39. The first-order valence-corrected chi connectivity index (χ1v) is 5.30. The minimum atomic E-state index is -0.113. The zero-order valence-corrected chi connectivity index (χ0v) is 9.96. The zero-order chi connectivity index (χ0) is 12.1. The van der Waals surface area contributed by atoms with Crippen molar-refractivity contribution in [1.82, 2.24) is 5.32 Å². The summed E-state index contributed by atoms with van der Waals surface area (Å²) in [7, 11) is 0. The van der Waals surface area contributed by atoms with E-state index in [0.717, 1.165) is 16.9 Å². The number of ether oxygens (including phenoxy) is 1. The summed E-state index contributed by atoms with van der Waals surface area (Å²) in [4.78, 5) is 11.2. The third-order valence-electron chi connectivity index (χ3n) is 2.20. The number of hydrogen-bond donors (Lipinski definition) is 2. The van der Waals surface area contributed by atoms with Crippen molar-refractivity contribution in [2.24, 2.45) is 0 Å². The summed E-state index contributed by atoms with van der Waals surface area (Å²) in [6, 6.07) is 3.67. The lowest BCUT2D eigenvalue weighted by Crippen LogP contribution is -2.28. The van der Waals surface area contributed by atoms with Crippen molar-refractivity contribution in [3.8, 4) is 5.75 Å². The van der Waals surface area contributed by atoms with Gasteiger partial charge in [-0.1, -0.05) is 0 Å². The normalized spacial score (nSPS) is 9.94. The van der Waals surface area contributed by atoms with Crippen molar-refractivity contribution in [1.29, 1.82) is 0 Å². The van der Waals surface area contributed by atoms with Gasteiger partial charge in [-0.05, 0) is 44.0 Å². The number of carbonyl (C=O) groups is 1. The number of likely N-dealkylation sites (N-methyl/N-ethyl adjacent to an activating group) is 1. The number of nitrogens with one attached hydrogen (secondary N) is 1. The molecule has 0 unspecified atom stereocenters. The number of amides is 1. The molecule has 0 bridgehead atoms. The fourth-order valence-electron chi connectivity index (χ4n) is 1.60. The van der Waals surface area contributed by atoms with Gasteiger partial charge in [0.15, 0.2) is 6.61 Å². The molecule has 1 aromatic carbocycles. The van der Waals surface area contributed by atoms with Crippen molar-refractivity contribution < 1.29 is 9.53 Å². The summed E-state index contributed by atoms with van der Waals surface area (Å²) < 4.78 is 5.47. The van der Waals surface area contributed by atoms with E-state index in [1.165, 1.54) is 0 Å². The number of benzene rings is 1. The molecule has 0 saturated carbocycles. The van der Waals surface area contributed by atoms with E-state index < -0.39 is 0 Å². The second-order valence-electron chi connectivity index (χ2n) is 3.73. The molecule has 0 atom stereocenters. The lowest BCUT2D eigenvalue weighted by atomic mass is 10.1. The van der Waals surface area contributed by atoms with Crippen LogP contribution in [0.25, 0.3) is 0 Å². The molecule has 0 aliphatic carbocycles. The van der Waals surface area contributed by atoms with E-state index in [0.29, 0.717) is 12.2 Å². The largest absolute Gasteiger partial charge is 0.483 e. The molecule has 4 heteroatoms. The average Bonchev–Trinajstić information content (AvgIpc) is 2.16. The fourth-order valence-corrected chi connectivity index (χ4v) is 1.60. The minimum Gasteiger partial charge on any atom is -0.483 e. The number of carbonyl (C=O) groups excluding carboxylic acids is 1. The number of nitrogens with two attached hydrogens (primary N) is 1. The molecule has 4 nitrogen and oxygen atoms in total. The van der Waals surface area contributed by atoms with Crippen LogP contribution in [-0.4, -0.2) is 19.1 Å². The Kier molecular flexibility index (Phi) is 4.17. The number of aryl methyl sites for hydroxylation is 2. The van der Waals surface area contributed by atoms with Crippen LogP contribution in [-0.2, 0) is 4.79 Å². The number of nitrogen functional groups attached to an aromatic ring is 1. The molecule has 1 aromatic rings. The van der Waals surface area contributed by atoms with Gasteiger partial charge in [0, 0.05) is 12.2 Å². The molecule has 1 amide bonds. The Morgan fingerprint density at radius 2 is 1.94 bits per heavy atom. The molecule has 88 valence electrons. The molecule has 0 saturated heterocycles. The van der Waals surface area contributed by atoms with E-state index in [9.17, 15) is 4.79 Å². The highest BCUT2D eigenvalue weighted by molar-refractivity contribution is 5.77. The van der Waals surface area contributed by atoms with Crippen LogP contribution < -0.4 is 15.8 Å².